The van der Waals surface area contributed by atoms with E-state index < -0.39 is 0 Å². The second-order valence-electron chi connectivity index (χ2n) is 4.42. The highest BCUT2D eigenvalue weighted by Gasteiger charge is 2.01. The Labute approximate surface area is 110 Å². The maximum atomic E-state index is 8.70. The molecule has 0 fully saturated rings. The Kier molecular flexibility index (Phi) is 8.26. The van der Waals surface area contributed by atoms with Gasteiger partial charge in [0.05, 0.1) is 6.61 Å². The Bertz CT molecular complexity index is 315. The third kappa shape index (κ3) is 6.03. The molecule has 0 amide bonds. The van der Waals surface area contributed by atoms with E-state index in [4.69, 9.17) is 9.84 Å². The molecule has 0 unspecified atom stereocenters. The van der Waals surface area contributed by atoms with Crippen molar-refractivity contribution in [3.8, 4) is 5.75 Å². The molecule has 0 aliphatic heterocycles. The fraction of sp³-hybridized carbons (Fsp3) is 0.600. The predicted molar refractivity (Wildman–Crippen MR) is 74.9 cm³/mol. The number of hydrogen-bond acceptors (Lipinski definition) is 3. The summed E-state index contributed by atoms with van der Waals surface area (Å²) in [6.07, 6.45) is 4.03. The van der Waals surface area contributed by atoms with E-state index in [1.54, 1.807) is 0 Å². The Balaban J connectivity index is 2.33. The van der Waals surface area contributed by atoms with Crippen LogP contribution in [0.15, 0.2) is 24.3 Å². The van der Waals surface area contributed by atoms with Crippen LogP contribution < -0.4 is 10.1 Å². The molecule has 0 aromatic heterocycles. The Morgan fingerprint density at radius 1 is 1.17 bits per heavy atom. The number of aliphatic hydroxyl groups is 1. The van der Waals surface area contributed by atoms with Gasteiger partial charge in [0.1, 0.15) is 5.75 Å². The van der Waals surface area contributed by atoms with Crippen LogP contribution in [0.4, 0.5) is 0 Å². The van der Waals surface area contributed by atoms with E-state index in [1.165, 1.54) is 5.56 Å². The molecule has 0 atom stereocenters. The van der Waals surface area contributed by atoms with Crippen LogP contribution >= 0.6 is 0 Å². The molecule has 0 heterocycles. The van der Waals surface area contributed by atoms with Gasteiger partial charge in [0, 0.05) is 18.7 Å². The molecule has 0 saturated heterocycles. The smallest absolute Gasteiger partial charge is 0.123 e. The predicted octanol–water partition coefficient (Wildman–Crippen LogP) is 2.73. The van der Waals surface area contributed by atoms with E-state index in [0.29, 0.717) is 0 Å². The van der Waals surface area contributed by atoms with Crippen LogP contribution in [0.3, 0.4) is 0 Å². The molecule has 0 aliphatic rings. The third-order valence-electron chi connectivity index (χ3n) is 2.77. The summed E-state index contributed by atoms with van der Waals surface area (Å²) in [4.78, 5) is 0. The molecule has 1 aromatic carbocycles. The lowest BCUT2D eigenvalue weighted by Crippen LogP contribution is -2.14. The zero-order valence-electron chi connectivity index (χ0n) is 11.3. The Morgan fingerprint density at radius 2 is 2.00 bits per heavy atom. The number of nitrogens with one attached hydrogen (secondary N) is 1. The second-order valence-corrected chi connectivity index (χ2v) is 4.42. The van der Waals surface area contributed by atoms with E-state index >= 15 is 0 Å². The summed E-state index contributed by atoms with van der Waals surface area (Å²) in [5, 5.41) is 12.1. The molecule has 0 radical (unpaired) electrons. The van der Waals surface area contributed by atoms with E-state index in [9.17, 15) is 0 Å². The first-order valence-corrected chi connectivity index (χ1v) is 6.90. The molecule has 1 aromatic rings. The van der Waals surface area contributed by atoms with Crippen LogP contribution in [0.25, 0.3) is 0 Å². The molecule has 102 valence electrons. The summed E-state index contributed by atoms with van der Waals surface area (Å²) >= 11 is 0. The van der Waals surface area contributed by atoms with Gasteiger partial charge in [-0.25, -0.2) is 0 Å². The number of hydrogen-bond donors (Lipinski definition) is 2. The van der Waals surface area contributed by atoms with Gasteiger partial charge >= 0.3 is 0 Å². The third-order valence-corrected chi connectivity index (χ3v) is 2.77. The van der Waals surface area contributed by atoms with Crippen molar-refractivity contribution < 1.29 is 9.84 Å². The second kappa shape index (κ2) is 9.92. The van der Waals surface area contributed by atoms with Crippen LogP contribution in [0, 0.1) is 0 Å². The van der Waals surface area contributed by atoms with Crippen LogP contribution in [0.5, 0.6) is 5.75 Å². The van der Waals surface area contributed by atoms with Gasteiger partial charge in [0.25, 0.3) is 0 Å². The van der Waals surface area contributed by atoms with Crippen LogP contribution in [0.2, 0.25) is 0 Å². The summed E-state index contributed by atoms with van der Waals surface area (Å²) in [6.45, 7) is 5.06. The minimum atomic E-state index is 0.275. The first-order chi connectivity index (χ1) is 8.88. The van der Waals surface area contributed by atoms with Crippen molar-refractivity contribution in [1.29, 1.82) is 0 Å². The van der Waals surface area contributed by atoms with E-state index in [-0.39, 0.29) is 6.61 Å². The fourth-order valence-electron chi connectivity index (χ4n) is 1.76. The zero-order valence-corrected chi connectivity index (χ0v) is 11.3. The van der Waals surface area contributed by atoms with Crippen molar-refractivity contribution in [1.82, 2.24) is 5.32 Å². The number of para-hydroxylation sites is 1. The van der Waals surface area contributed by atoms with E-state index in [1.807, 2.05) is 18.2 Å². The SMILES string of the molecule is CCCNCc1ccccc1OCCCCCO. The molecule has 0 spiro atoms. The topological polar surface area (TPSA) is 41.5 Å². The van der Waals surface area contributed by atoms with Crippen LogP contribution in [-0.4, -0.2) is 24.9 Å². The van der Waals surface area contributed by atoms with Crippen molar-refractivity contribution in [3.05, 3.63) is 29.8 Å². The van der Waals surface area contributed by atoms with Crippen molar-refractivity contribution >= 4 is 0 Å². The Hall–Kier alpha value is -1.06. The van der Waals surface area contributed by atoms with Crippen molar-refractivity contribution in [3.63, 3.8) is 0 Å². The van der Waals surface area contributed by atoms with Gasteiger partial charge in [-0.3, -0.25) is 0 Å². The van der Waals surface area contributed by atoms with Gasteiger partial charge in [-0.05, 0) is 38.3 Å². The quantitative estimate of drug-likeness (QED) is 0.628. The largest absolute Gasteiger partial charge is 0.493 e. The van der Waals surface area contributed by atoms with Crippen molar-refractivity contribution in [2.75, 3.05) is 19.8 Å². The fourth-order valence-corrected chi connectivity index (χ4v) is 1.76. The highest BCUT2D eigenvalue weighted by Crippen LogP contribution is 2.18. The molecule has 1 rings (SSSR count). The van der Waals surface area contributed by atoms with Gasteiger partial charge in [0.15, 0.2) is 0 Å². The van der Waals surface area contributed by atoms with Crippen molar-refractivity contribution in [2.24, 2.45) is 0 Å². The molecular weight excluding hydrogens is 226 g/mol. The van der Waals surface area contributed by atoms with Gasteiger partial charge < -0.3 is 15.2 Å². The Morgan fingerprint density at radius 3 is 2.78 bits per heavy atom. The molecule has 0 aliphatic carbocycles. The number of benzene rings is 1. The number of rotatable bonds is 10. The molecule has 18 heavy (non-hydrogen) atoms. The number of aliphatic hydroxyl groups excluding tert-OH is 1. The van der Waals surface area contributed by atoms with E-state index in [2.05, 4.69) is 18.3 Å². The summed E-state index contributed by atoms with van der Waals surface area (Å²) in [5.41, 5.74) is 1.22. The maximum Gasteiger partial charge on any atom is 0.123 e. The number of ether oxygens (including phenoxy) is 1. The summed E-state index contributed by atoms with van der Waals surface area (Å²) in [6, 6.07) is 8.18. The van der Waals surface area contributed by atoms with Gasteiger partial charge in [0.2, 0.25) is 0 Å². The monoisotopic (exact) mass is 251 g/mol. The van der Waals surface area contributed by atoms with Gasteiger partial charge in [-0.1, -0.05) is 25.1 Å². The van der Waals surface area contributed by atoms with Crippen LogP contribution in [0.1, 0.15) is 38.2 Å². The normalized spacial score (nSPS) is 10.6. The van der Waals surface area contributed by atoms with Gasteiger partial charge in [-0.15, -0.1) is 0 Å². The lowest BCUT2D eigenvalue weighted by molar-refractivity contribution is 0.265. The highest BCUT2D eigenvalue weighted by molar-refractivity contribution is 5.33. The minimum Gasteiger partial charge on any atom is -0.493 e. The molecule has 3 heteroatoms. The average molecular weight is 251 g/mol. The van der Waals surface area contributed by atoms with E-state index in [0.717, 1.165) is 51.1 Å². The maximum absolute atomic E-state index is 8.70. The lowest BCUT2D eigenvalue weighted by atomic mass is 10.2. The number of unbranched alkanes of at least 4 members (excludes halogenated alkanes) is 2. The lowest BCUT2D eigenvalue weighted by Gasteiger charge is -2.11. The molecular formula is C15H25NO2. The molecule has 0 bridgehead atoms. The average Bonchev–Trinajstić information content (AvgIpc) is 2.40. The summed E-state index contributed by atoms with van der Waals surface area (Å²) in [5.74, 6) is 0.977. The molecule has 0 saturated carbocycles. The first-order valence-electron chi connectivity index (χ1n) is 6.90. The standard InChI is InChI=1S/C15H25NO2/c1-2-10-16-13-14-8-4-5-9-15(14)18-12-7-3-6-11-17/h4-5,8-9,16-17H,2-3,6-7,10-13H2,1H3. The highest BCUT2D eigenvalue weighted by atomic mass is 16.5. The van der Waals surface area contributed by atoms with Crippen molar-refractivity contribution in [2.45, 2.75) is 39.2 Å². The molecule has 2 N–H and O–H groups in total. The minimum absolute atomic E-state index is 0.275. The summed E-state index contributed by atoms with van der Waals surface area (Å²) < 4.78 is 5.79. The zero-order chi connectivity index (χ0) is 13.1. The first kappa shape index (κ1) is 15.0. The van der Waals surface area contributed by atoms with Crippen LogP contribution in [-0.2, 0) is 6.54 Å². The molecule has 3 nitrogen and oxygen atoms in total. The van der Waals surface area contributed by atoms with Gasteiger partial charge in [-0.2, -0.15) is 0 Å². The summed E-state index contributed by atoms with van der Waals surface area (Å²) in [7, 11) is 0.